The van der Waals surface area contributed by atoms with E-state index < -0.39 is 0 Å². The van der Waals surface area contributed by atoms with Crippen molar-refractivity contribution in [2.45, 2.75) is 38.3 Å². The third-order valence-corrected chi connectivity index (χ3v) is 4.80. The number of hydrogen-bond donors (Lipinski definition) is 1. The van der Waals surface area contributed by atoms with Crippen LogP contribution in [0, 0.1) is 11.8 Å². The van der Waals surface area contributed by atoms with E-state index >= 15 is 0 Å². The fourth-order valence-electron chi connectivity index (χ4n) is 3.08. The molecule has 3 rings (SSSR count). The normalized spacial score (nSPS) is 30.5. The van der Waals surface area contributed by atoms with Gasteiger partial charge < -0.3 is 10.1 Å². The first-order valence-electron chi connectivity index (χ1n) is 6.28. The van der Waals surface area contributed by atoms with Crippen molar-refractivity contribution in [2.24, 2.45) is 11.8 Å². The molecule has 2 fully saturated rings. The summed E-state index contributed by atoms with van der Waals surface area (Å²) in [7, 11) is 0. The van der Waals surface area contributed by atoms with Gasteiger partial charge in [0.25, 0.3) is 0 Å². The fourth-order valence-corrected chi connectivity index (χ4v) is 3.73. The predicted molar refractivity (Wildman–Crippen MR) is 66.9 cm³/mol. The van der Waals surface area contributed by atoms with Gasteiger partial charge in [-0.3, -0.25) is 0 Å². The third-order valence-electron chi connectivity index (χ3n) is 3.92. The predicted octanol–water partition coefficient (Wildman–Crippen LogP) is 3.16. The molecule has 17 heavy (non-hydrogen) atoms. The van der Waals surface area contributed by atoms with Crippen molar-refractivity contribution in [1.29, 1.82) is 0 Å². The number of carbonyl (C=O) groups is 1. The van der Waals surface area contributed by atoms with Crippen molar-refractivity contribution in [3.05, 3.63) is 22.4 Å². The number of amides is 1. The lowest BCUT2D eigenvalue weighted by atomic mass is 9.98. The maximum atomic E-state index is 11.6. The molecule has 92 valence electrons. The van der Waals surface area contributed by atoms with Crippen LogP contribution in [0.4, 0.5) is 4.79 Å². The number of alkyl carbamates (subject to hydrolysis) is 1. The van der Waals surface area contributed by atoms with E-state index in [1.807, 2.05) is 17.5 Å². The Morgan fingerprint density at radius 3 is 3.06 bits per heavy atom. The molecule has 1 aromatic rings. The van der Waals surface area contributed by atoms with Gasteiger partial charge in [0, 0.05) is 4.88 Å². The highest BCUT2D eigenvalue weighted by atomic mass is 32.1. The highest BCUT2D eigenvalue weighted by Crippen LogP contribution is 2.45. The second kappa shape index (κ2) is 4.69. The van der Waals surface area contributed by atoms with Crippen molar-refractivity contribution in [1.82, 2.24) is 5.32 Å². The van der Waals surface area contributed by atoms with Crippen LogP contribution in [0.1, 0.15) is 30.6 Å². The summed E-state index contributed by atoms with van der Waals surface area (Å²) in [6.07, 6.45) is 4.85. The summed E-state index contributed by atoms with van der Waals surface area (Å²) in [5.41, 5.74) is 0. The molecule has 0 saturated heterocycles. The Labute approximate surface area is 105 Å². The third kappa shape index (κ3) is 2.46. The average molecular weight is 251 g/mol. The number of fused-ring (bicyclic) bond motifs is 2. The molecule has 2 aliphatic carbocycles. The van der Waals surface area contributed by atoms with Gasteiger partial charge in [0.15, 0.2) is 0 Å². The molecule has 1 amide bonds. The Kier molecular flexibility index (Phi) is 3.05. The molecule has 1 aromatic heterocycles. The molecule has 1 unspecified atom stereocenters. The van der Waals surface area contributed by atoms with Gasteiger partial charge in [0.05, 0.1) is 6.54 Å². The summed E-state index contributed by atoms with van der Waals surface area (Å²) in [6, 6.07) is 4.01. The van der Waals surface area contributed by atoms with E-state index in [9.17, 15) is 4.79 Å². The van der Waals surface area contributed by atoms with E-state index in [1.165, 1.54) is 19.3 Å². The van der Waals surface area contributed by atoms with Crippen molar-refractivity contribution >= 4 is 17.4 Å². The Balaban J connectivity index is 1.44. The van der Waals surface area contributed by atoms with Gasteiger partial charge in [0.2, 0.25) is 0 Å². The SMILES string of the molecule is O=C(NCc1cccs1)O[C@H]1CC2CC[C@@H]1C2. The van der Waals surface area contributed by atoms with Gasteiger partial charge in [-0.05, 0) is 49.0 Å². The van der Waals surface area contributed by atoms with Gasteiger partial charge in [-0.1, -0.05) is 6.07 Å². The van der Waals surface area contributed by atoms with E-state index in [1.54, 1.807) is 11.3 Å². The van der Waals surface area contributed by atoms with Gasteiger partial charge in [-0.15, -0.1) is 11.3 Å². The topological polar surface area (TPSA) is 38.3 Å². The van der Waals surface area contributed by atoms with E-state index in [2.05, 4.69) is 5.32 Å². The van der Waals surface area contributed by atoms with E-state index in [0.29, 0.717) is 12.5 Å². The van der Waals surface area contributed by atoms with E-state index in [-0.39, 0.29) is 12.2 Å². The number of carbonyl (C=O) groups excluding carboxylic acids is 1. The summed E-state index contributed by atoms with van der Waals surface area (Å²) < 4.78 is 5.50. The lowest BCUT2D eigenvalue weighted by Crippen LogP contribution is -2.31. The van der Waals surface area contributed by atoms with Crippen molar-refractivity contribution < 1.29 is 9.53 Å². The van der Waals surface area contributed by atoms with Crippen LogP contribution in [0.3, 0.4) is 0 Å². The summed E-state index contributed by atoms with van der Waals surface area (Å²) in [6.45, 7) is 0.581. The maximum Gasteiger partial charge on any atom is 0.407 e. The molecule has 2 bridgehead atoms. The zero-order chi connectivity index (χ0) is 11.7. The lowest BCUT2D eigenvalue weighted by molar-refractivity contribution is 0.0647. The minimum absolute atomic E-state index is 0.178. The molecule has 1 heterocycles. The lowest BCUT2D eigenvalue weighted by Gasteiger charge is -2.21. The second-order valence-electron chi connectivity index (χ2n) is 5.05. The van der Waals surface area contributed by atoms with Crippen LogP contribution in [-0.2, 0) is 11.3 Å². The monoisotopic (exact) mass is 251 g/mol. The van der Waals surface area contributed by atoms with Crippen molar-refractivity contribution in [2.75, 3.05) is 0 Å². The van der Waals surface area contributed by atoms with Crippen LogP contribution < -0.4 is 5.32 Å². The molecule has 0 aromatic carbocycles. The first kappa shape index (κ1) is 11.1. The first-order valence-corrected chi connectivity index (χ1v) is 7.16. The smallest absolute Gasteiger partial charge is 0.407 e. The van der Waals surface area contributed by atoms with Crippen molar-refractivity contribution in [3.8, 4) is 0 Å². The Morgan fingerprint density at radius 1 is 1.47 bits per heavy atom. The Hall–Kier alpha value is -1.03. The molecule has 0 radical (unpaired) electrons. The molecule has 3 nitrogen and oxygen atoms in total. The summed E-state index contributed by atoms with van der Waals surface area (Å²) >= 11 is 1.65. The zero-order valence-electron chi connectivity index (χ0n) is 9.72. The van der Waals surface area contributed by atoms with Crippen LogP contribution >= 0.6 is 11.3 Å². The second-order valence-corrected chi connectivity index (χ2v) is 6.08. The molecule has 0 aliphatic heterocycles. The van der Waals surface area contributed by atoms with Gasteiger partial charge in [-0.2, -0.15) is 0 Å². The fraction of sp³-hybridized carbons (Fsp3) is 0.615. The molecule has 2 saturated carbocycles. The molecular formula is C13H17NO2S. The number of nitrogens with one attached hydrogen (secondary N) is 1. The van der Waals surface area contributed by atoms with E-state index in [0.717, 1.165) is 17.2 Å². The summed E-state index contributed by atoms with van der Waals surface area (Å²) in [5, 5.41) is 4.83. The molecule has 4 heteroatoms. The van der Waals surface area contributed by atoms with Crippen LogP contribution in [0.15, 0.2) is 17.5 Å². The zero-order valence-corrected chi connectivity index (χ0v) is 10.5. The molecule has 1 N–H and O–H groups in total. The molecular weight excluding hydrogens is 234 g/mol. The number of hydrogen-bond acceptors (Lipinski definition) is 3. The van der Waals surface area contributed by atoms with Crippen LogP contribution in [0.2, 0.25) is 0 Å². The van der Waals surface area contributed by atoms with Gasteiger partial charge in [0.1, 0.15) is 6.10 Å². The molecule has 0 spiro atoms. The highest BCUT2D eigenvalue weighted by molar-refractivity contribution is 7.09. The van der Waals surface area contributed by atoms with Crippen molar-refractivity contribution in [3.63, 3.8) is 0 Å². The Bertz CT molecular complexity index is 390. The standard InChI is InChI=1S/C13H17NO2S/c15-13(14-8-11-2-1-5-17-11)16-12-7-9-3-4-10(12)6-9/h1-2,5,9-10,12H,3-4,6-8H2,(H,14,15)/t9?,10-,12+/m1/s1. The minimum atomic E-state index is -0.254. The number of rotatable bonds is 3. The average Bonchev–Trinajstić information content (AvgIpc) is 3.03. The highest BCUT2D eigenvalue weighted by Gasteiger charge is 2.41. The first-order chi connectivity index (χ1) is 8.31. The van der Waals surface area contributed by atoms with E-state index in [4.69, 9.17) is 4.74 Å². The minimum Gasteiger partial charge on any atom is -0.446 e. The van der Waals surface area contributed by atoms with Gasteiger partial charge >= 0.3 is 6.09 Å². The van der Waals surface area contributed by atoms with Crippen LogP contribution in [-0.4, -0.2) is 12.2 Å². The quantitative estimate of drug-likeness (QED) is 0.896. The number of thiophene rings is 1. The van der Waals surface area contributed by atoms with Crippen LogP contribution in [0.25, 0.3) is 0 Å². The van der Waals surface area contributed by atoms with Crippen LogP contribution in [0.5, 0.6) is 0 Å². The van der Waals surface area contributed by atoms with Gasteiger partial charge in [-0.25, -0.2) is 4.79 Å². The summed E-state index contributed by atoms with van der Waals surface area (Å²) in [5.74, 6) is 1.45. The maximum absolute atomic E-state index is 11.6. The summed E-state index contributed by atoms with van der Waals surface area (Å²) in [4.78, 5) is 12.8. The Morgan fingerprint density at radius 2 is 2.41 bits per heavy atom. The number of ether oxygens (including phenoxy) is 1. The molecule has 3 atom stereocenters. The largest absolute Gasteiger partial charge is 0.446 e. The molecule has 2 aliphatic rings.